The van der Waals surface area contributed by atoms with Crippen molar-refractivity contribution in [3.63, 3.8) is 0 Å². The summed E-state index contributed by atoms with van der Waals surface area (Å²) >= 11 is 0. The zero-order valence-electron chi connectivity index (χ0n) is 12.7. The van der Waals surface area contributed by atoms with Gasteiger partial charge in [-0.1, -0.05) is 42.8 Å². The van der Waals surface area contributed by atoms with E-state index in [1.165, 1.54) is 5.56 Å². The number of para-hydroxylation sites is 1. The molecule has 3 nitrogen and oxygen atoms in total. The Labute approximate surface area is 126 Å². The zero-order valence-corrected chi connectivity index (χ0v) is 12.7. The Morgan fingerprint density at radius 2 is 1.86 bits per heavy atom. The van der Waals surface area contributed by atoms with Gasteiger partial charge in [-0.15, -0.1) is 0 Å². The van der Waals surface area contributed by atoms with Crippen LogP contribution in [-0.2, 0) is 4.79 Å². The Bertz CT molecular complexity index is 608. The first kappa shape index (κ1) is 15.1. The number of ether oxygens (including phenoxy) is 1. The number of carbonyl (C=O) groups excluding carboxylic acids is 1. The molecule has 2 aromatic rings. The first-order chi connectivity index (χ1) is 10.1. The van der Waals surface area contributed by atoms with Crippen molar-refractivity contribution < 1.29 is 9.53 Å². The third-order valence-electron chi connectivity index (χ3n) is 3.32. The lowest BCUT2D eigenvalue weighted by molar-refractivity contribution is -0.122. The normalized spacial score (nSPS) is 11.8. The van der Waals surface area contributed by atoms with Crippen LogP contribution in [0.2, 0.25) is 0 Å². The number of amides is 1. The van der Waals surface area contributed by atoms with E-state index in [0.29, 0.717) is 12.2 Å². The molecule has 0 aliphatic carbocycles. The highest BCUT2D eigenvalue weighted by Gasteiger charge is 2.19. The number of carbonyl (C=O) groups is 1. The van der Waals surface area contributed by atoms with Crippen molar-refractivity contribution in [1.82, 2.24) is 0 Å². The van der Waals surface area contributed by atoms with Crippen molar-refractivity contribution in [2.75, 3.05) is 5.32 Å². The van der Waals surface area contributed by atoms with Crippen molar-refractivity contribution in [1.29, 1.82) is 0 Å². The molecule has 2 rings (SSSR count). The largest absolute Gasteiger partial charge is 0.481 e. The molecule has 0 saturated carbocycles. The molecule has 2 aromatic carbocycles. The van der Waals surface area contributed by atoms with E-state index in [1.54, 1.807) is 0 Å². The summed E-state index contributed by atoms with van der Waals surface area (Å²) in [6.45, 7) is 5.96. The molecule has 0 bridgehead atoms. The molecule has 0 aliphatic rings. The van der Waals surface area contributed by atoms with Crippen molar-refractivity contribution in [2.24, 2.45) is 0 Å². The summed E-state index contributed by atoms with van der Waals surface area (Å²) in [5.41, 5.74) is 3.07. The molecule has 1 unspecified atom stereocenters. The van der Waals surface area contributed by atoms with Gasteiger partial charge < -0.3 is 10.1 Å². The molecule has 0 aromatic heterocycles. The summed E-state index contributed by atoms with van der Waals surface area (Å²) < 4.78 is 5.75. The Balaban J connectivity index is 2.06. The van der Waals surface area contributed by atoms with Gasteiger partial charge >= 0.3 is 0 Å². The smallest absolute Gasteiger partial charge is 0.265 e. The topological polar surface area (TPSA) is 38.3 Å². The molecule has 110 valence electrons. The van der Waals surface area contributed by atoms with Crippen molar-refractivity contribution in [3.8, 4) is 5.75 Å². The monoisotopic (exact) mass is 283 g/mol. The summed E-state index contributed by atoms with van der Waals surface area (Å²) in [7, 11) is 0. The van der Waals surface area contributed by atoms with Crippen LogP contribution in [0.3, 0.4) is 0 Å². The molecule has 0 aliphatic heterocycles. The highest BCUT2D eigenvalue weighted by Crippen LogP contribution is 2.18. The van der Waals surface area contributed by atoms with Crippen LogP contribution >= 0.6 is 0 Å². The second-order valence-corrected chi connectivity index (χ2v) is 5.14. The van der Waals surface area contributed by atoms with Gasteiger partial charge in [-0.05, 0) is 44.0 Å². The second-order valence-electron chi connectivity index (χ2n) is 5.14. The van der Waals surface area contributed by atoms with Gasteiger partial charge in [0.25, 0.3) is 5.91 Å². The van der Waals surface area contributed by atoms with E-state index in [0.717, 1.165) is 11.3 Å². The maximum absolute atomic E-state index is 12.3. The molecule has 0 heterocycles. The third-order valence-corrected chi connectivity index (χ3v) is 3.32. The minimum atomic E-state index is -0.492. The number of hydrogen-bond acceptors (Lipinski definition) is 2. The standard InChI is InChI=1S/C18H21NO2/c1-4-17(21-15-8-6-5-7-9-15)18(20)19-16-11-10-13(2)12-14(16)3/h5-12,17H,4H2,1-3H3,(H,19,20). The average molecular weight is 283 g/mol. The van der Waals surface area contributed by atoms with Crippen molar-refractivity contribution in [2.45, 2.75) is 33.3 Å². The Morgan fingerprint density at radius 1 is 1.14 bits per heavy atom. The summed E-state index contributed by atoms with van der Waals surface area (Å²) in [6.07, 6.45) is 0.124. The lowest BCUT2D eigenvalue weighted by atomic mass is 10.1. The van der Waals surface area contributed by atoms with Crippen LogP contribution in [0.15, 0.2) is 48.5 Å². The predicted molar refractivity (Wildman–Crippen MR) is 85.7 cm³/mol. The quantitative estimate of drug-likeness (QED) is 0.897. The van der Waals surface area contributed by atoms with Crippen LogP contribution in [0.1, 0.15) is 24.5 Å². The molecular formula is C18H21NO2. The molecule has 21 heavy (non-hydrogen) atoms. The van der Waals surface area contributed by atoms with Crippen molar-refractivity contribution in [3.05, 3.63) is 59.7 Å². The molecule has 0 fully saturated rings. The molecule has 1 atom stereocenters. The van der Waals surface area contributed by atoms with Gasteiger partial charge in [0, 0.05) is 5.69 Å². The minimum absolute atomic E-state index is 0.117. The van der Waals surface area contributed by atoms with E-state index >= 15 is 0 Å². The van der Waals surface area contributed by atoms with E-state index in [4.69, 9.17) is 4.74 Å². The Morgan fingerprint density at radius 3 is 2.48 bits per heavy atom. The van der Waals surface area contributed by atoms with Gasteiger partial charge in [-0.2, -0.15) is 0 Å². The van der Waals surface area contributed by atoms with Crippen LogP contribution < -0.4 is 10.1 Å². The minimum Gasteiger partial charge on any atom is -0.481 e. The van der Waals surface area contributed by atoms with E-state index in [2.05, 4.69) is 11.4 Å². The highest BCUT2D eigenvalue weighted by atomic mass is 16.5. The van der Waals surface area contributed by atoms with E-state index in [9.17, 15) is 4.79 Å². The van der Waals surface area contributed by atoms with Crippen LogP contribution in [0.4, 0.5) is 5.69 Å². The van der Waals surface area contributed by atoms with Gasteiger partial charge in [0.1, 0.15) is 5.75 Å². The Hall–Kier alpha value is -2.29. The summed E-state index contributed by atoms with van der Waals surface area (Å²) in [5, 5.41) is 2.94. The van der Waals surface area contributed by atoms with E-state index < -0.39 is 6.10 Å². The third kappa shape index (κ3) is 4.09. The summed E-state index contributed by atoms with van der Waals surface area (Å²) in [5.74, 6) is 0.591. The number of hydrogen-bond donors (Lipinski definition) is 1. The van der Waals surface area contributed by atoms with Gasteiger partial charge in [0.15, 0.2) is 6.10 Å². The molecule has 0 spiro atoms. The van der Waals surface area contributed by atoms with Gasteiger partial charge in [0.05, 0.1) is 0 Å². The van der Waals surface area contributed by atoms with Crippen molar-refractivity contribution >= 4 is 11.6 Å². The lowest BCUT2D eigenvalue weighted by Crippen LogP contribution is -2.32. The number of rotatable bonds is 5. The van der Waals surface area contributed by atoms with Gasteiger partial charge in [0.2, 0.25) is 0 Å². The highest BCUT2D eigenvalue weighted by molar-refractivity contribution is 5.95. The SMILES string of the molecule is CCC(Oc1ccccc1)C(=O)Nc1ccc(C)cc1C. The first-order valence-electron chi connectivity index (χ1n) is 7.20. The predicted octanol–water partition coefficient (Wildman–Crippen LogP) is 4.10. The fraction of sp³-hybridized carbons (Fsp3) is 0.278. The van der Waals surface area contributed by atoms with Crippen LogP contribution in [0.25, 0.3) is 0 Å². The number of nitrogens with one attached hydrogen (secondary N) is 1. The van der Waals surface area contributed by atoms with E-state index in [1.807, 2.05) is 63.2 Å². The fourth-order valence-electron chi connectivity index (χ4n) is 2.15. The van der Waals surface area contributed by atoms with Crippen LogP contribution in [0.5, 0.6) is 5.75 Å². The Kier molecular flexibility index (Phi) is 4.99. The molecule has 1 amide bonds. The second kappa shape index (κ2) is 6.93. The summed E-state index contributed by atoms with van der Waals surface area (Å²) in [4.78, 5) is 12.3. The molecule has 0 saturated heterocycles. The van der Waals surface area contributed by atoms with Crippen LogP contribution in [0, 0.1) is 13.8 Å². The maximum atomic E-state index is 12.3. The molecule has 1 N–H and O–H groups in total. The van der Waals surface area contributed by atoms with Gasteiger partial charge in [-0.25, -0.2) is 0 Å². The van der Waals surface area contributed by atoms with Crippen LogP contribution in [-0.4, -0.2) is 12.0 Å². The lowest BCUT2D eigenvalue weighted by Gasteiger charge is -2.18. The summed E-state index contributed by atoms with van der Waals surface area (Å²) in [6, 6.07) is 15.4. The maximum Gasteiger partial charge on any atom is 0.265 e. The molecule has 0 radical (unpaired) electrons. The number of anilines is 1. The molecule has 3 heteroatoms. The fourth-order valence-corrected chi connectivity index (χ4v) is 2.15. The van der Waals surface area contributed by atoms with E-state index in [-0.39, 0.29) is 5.91 Å². The number of aryl methyl sites for hydroxylation is 2. The number of benzene rings is 2. The first-order valence-corrected chi connectivity index (χ1v) is 7.20. The zero-order chi connectivity index (χ0) is 15.2. The van der Waals surface area contributed by atoms with Gasteiger partial charge in [-0.3, -0.25) is 4.79 Å². The molecular weight excluding hydrogens is 262 g/mol. The average Bonchev–Trinajstić information content (AvgIpc) is 2.48.